The number of hydrogen-bond acceptors (Lipinski definition) is 2. The average molecular weight is 305 g/mol. The standard InChI is InChI=1S/C21H17NO/c1-14-10-19(22-13-15(14)2)16-7-5-8-17(11-16)21-12-18-6-3-4-9-20(18)23-21/h3-13H,1-2H3/i1D3,2D3. The van der Waals surface area contributed by atoms with Crippen LogP contribution in [0, 0.1) is 13.7 Å². The lowest BCUT2D eigenvalue weighted by molar-refractivity contribution is 0.631. The van der Waals surface area contributed by atoms with Gasteiger partial charge in [0.1, 0.15) is 11.3 Å². The van der Waals surface area contributed by atoms with Gasteiger partial charge in [0.2, 0.25) is 0 Å². The van der Waals surface area contributed by atoms with Crippen LogP contribution in [0.2, 0.25) is 0 Å². The summed E-state index contributed by atoms with van der Waals surface area (Å²) in [5, 5.41) is 0.984. The summed E-state index contributed by atoms with van der Waals surface area (Å²) in [6.45, 7) is -5.11. The number of pyridine rings is 1. The number of aromatic nitrogens is 1. The number of rotatable bonds is 2. The highest BCUT2D eigenvalue weighted by Gasteiger charge is 2.08. The van der Waals surface area contributed by atoms with Gasteiger partial charge < -0.3 is 4.42 Å². The molecule has 2 aromatic carbocycles. The van der Waals surface area contributed by atoms with Gasteiger partial charge in [-0.2, -0.15) is 0 Å². The minimum atomic E-state index is -2.56. The average Bonchev–Trinajstić information content (AvgIpc) is 3.10. The third-order valence-corrected chi connectivity index (χ3v) is 3.77. The van der Waals surface area contributed by atoms with Crippen molar-refractivity contribution in [2.75, 3.05) is 0 Å². The van der Waals surface area contributed by atoms with Gasteiger partial charge in [0.25, 0.3) is 0 Å². The fourth-order valence-electron chi connectivity index (χ4n) is 2.57. The lowest BCUT2D eigenvalue weighted by Crippen LogP contribution is -1.88. The molecule has 0 aliphatic rings. The van der Waals surface area contributed by atoms with Crippen LogP contribution in [0.3, 0.4) is 0 Å². The molecule has 2 aromatic heterocycles. The largest absolute Gasteiger partial charge is 0.456 e. The molecule has 0 saturated carbocycles. The van der Waals surface area contributed by atoms with Crippen LogP contribution in [0.1, 0.15) is 19.4 Å². The maximum absolute atomic E-state index is 7.73. The Labute approximate surface area is 143 Å². The van der Waals surface area contributed by atoms with Gasteiger partial charge in [-0.05, 0) is 49.1 Å². The van der Waals surface area contributed by atoms with E-state index >= 15 is 0 Å². The summed E-state index contributed by atoms with van der Waals surface area (Å²) < 4.78 is 51.9. The summed E-state index contributed by atoms with van der Waals surface area (Å²) in [5.41, 5.74) is 2.19. The number of aryl methyl sites for hydroxylation is 2. The van der Waals surface area contributed by atoms with Gasteiger partial charge in [-0.15, -0.1) is 0 Å². The summed E-state index contributed by atoms with van der Waals surface area (Å²) >= 11 is 0. The van der Waals surface area contributed by atoms with E-state index < -0.39 is 13.7 Å². The number of fused-ring (bicyclic) bond motifs is 1. The van der Waals surface area contributed by atoms with E-state index in [1.807, 2.05) is 48.5 Å². The molecule has 4 rings (SSSR count). The Morgan fingerprint density at radius 3 is 2.61 bits per heavy atom. The molecular formula is C21H17NO. The Bertz CT molecular complexity index is 1160. The first-order chi connectivity index (χ1) is 13.6. The molecule has 0 amide bonds. The molecule has 112 valence electrons. The fourth-order valence-corrected chi connectivity index (χ4v) is 2.57. The van der Waals surface area contributed by atoms with E-state index in [0.29, 0.717) is 17.0 Å². The topological polar surface area (TPSA) is 26.0 Å². The molecule has 0 fully saturated rings. The molecule has 2 heterocycles. The van der Waals surface area contributed by atoms with Crippen molar-refractivity contribution in [2.24, 2.45) is 0 Å². The Morgan fingerprint density at radius 1 is 0.870 bits per heavy atom. The van der Waals surface area contributed by atoms with E-state index in [1.165, 1.54) is 6.07 Å². The first kappa shape index (κ1) is 8.68. The van der Waals surface area contributed by atoms with E-state index in [0.717, 1.165) is 22.7 Å². The van der Waals surface area contributed by atoms with Crippen LogP contribution in [0.5, 0.6) is 0 Å². The zero-order valence-corrected chi connectivity index (χ0v) is 12.2. The van der Waals surface area contributed by atoms with Crippen molar-refractivity contribution < 1.29 is 12.6 Å². The number of benzene rings is 2. The molecule has 0 bridgehead atoms. The Hall–Kier alpha value is -2.87. The SMILES string of the molecule is [2H]C([2H])([2H])c1cnc(-c2cccc(-c3cc4ccccc4o3)c2)cc1C([2H])([2H])[2H]. The minimum absolute atomic E-state index is 0.211. The van der Waals surface area contributed by atoms with Crippen molar-refractivity contribution in [1.82, 2.24) is 4.98 Å². The summed E-state index contributed by atoms with van der Waals surface area (Å²) in [6.07, 6.45) is 1.14. The van der Waals surface area contributed by atoms with Crippen molar-refractivity contribution >= 4 is 11.0 Å². The smallest absolute Gasteiger partial charge is 0.135 e. The molecule has 0 spiro atoms. The highest BCUT2D eigenvalue weighted by Crippen LogP contribution is 2.30. The van der Waals surface area contributed by atoms with Crippen LogP contribution in [0.25, 0.3) is 33.6 Å². The predicted octanol–water partition coefficient (Wildman–Crippen LogP) is 5.78. The Morgan fingerprint density at radius 2 is 1.74 bits per heavy atom. The van der Waals surface area contributed by atoms with Crippen molar-refractivity contribution in [1.29, 1.82) is 0 Å². The molecule has 0 radical (unpaired) electrons. The normalized spacial score (nSPS) is 16.0. The second-order valence-electron chi connectivity index (χ2n) is 5.34. The molecule has 23 heavy (non-hydrogen) atoms. The van der Waals surface area contributed by atoms with Gasteiger partial charge in [0.05, 0.1) is 5.69 Å². The maximum Gasteiger partial charge on any atom is 0.135 e. The first-order valence-corrected chi connectivity index (χ1v) is 7.23. The molecule has 4 aromatic rings. The second-order valence-corrected chi connectivity index (χ2v) is 5.34. The molecule has 0 aliphatic carbocycles. The van der Waals surface area contributed by atoms with Crippen molar-refractivity contribution in [3.05, 3.63) is 78.0 Å². The molecular weight excluding hydrogens is 282 g/mol. The minimum Gasteiger partial charge on any atom is -0.456 e. The van der Waals surface area contributed by atoms with Crippen LogP contribution in [0.15, 0.2) is 71.3 Å². The maximum atomic E-state index is 7.73. The van der Waals surface area contributed by atoms with E-state index in [2.05, 4.69) is 4.98 Å². The van der Waals surface area contributed by atoms with Gasteiger partial charge >= 0.3 is 0 Å². The third-order valence-electron chi connectivity index (χ3n) is 3.77. The van der Waals surface area contributed by atoms with Gasteiger partial charge in [-0.1, -0.05) is 36.4 Å². The van der Waals surface area contributed by atoms with Gasteiger partial charge in [0, 0.05) is 30.9 Å². The fraction of sp³-hybridized carbons (Fsp3) is 0.0952. The summed E-state index contributed by atoms with van der Waals surface area (Å²) in [7, 11) is 0. The highest BCUT2D eigenvalue weighted by molar-refractivity contribution is 5.83. The second kappa shape index (κ2) is 5.40. The number of para-hydroxylation sites is 1. The Balaban J connectivity index is 1.80. The molecule has 0 N–H and O–H groups in total. The number of furan rings is 1. The van der Waals surface area contributed by atoms with Crippen LogP contribution in [-0.4, -0.2) is 4.98 Å². The number of hydrogen-bond donors (Lipinski definition) is 0. The van der Waals surface area contributed by atoms with Crippen LogP contribution in [0.4, 0.5) is 0 Å². The van der Waals surface area contributed by atoms with Gasteiger partial charge in [-0.25, -0.2) is 0 Å². The van der Waals surface area contributed by atoms with Crippen LogP contribution < -0.4 is 0 Å². The predicted molar refractivity (Wildman–Crippen MR) is 94.4 cm³/mol. The van der Waals surface area contributed by atoms with Crippen LogP contribution >= 0.6 is 0 Å². The zero-order chi connectivity index (χ0) is 20.8. The lowest BCUT2D eigenvalue weighted by atomic mass is 10.0. The molecule has 0 atom stereocenters. The Kier molecular flexibility index (Phi) is 2.04. The van der Waals surface area contributed by atoms with E-state index in [-0.39, 0.29) is 11.1 Å². The molecule has 2 nitrogen and oxygen atoms in total. The highest BCUT2D eigenvalue weighted by atomic mass is 16.3. The van der Waals surface area contributed by atoms with Gasteiger partial charge in [0.15, 0.2) is 0 Å². The molecule has 0 saturated heterocycles. The number of nitrogens with zero attached hydrogens (tertiary/aromatic N) is 1. The quantitative estimate of drug-likeness (QED) is 0.469. The summed E-state index contributed by atoms with van der Waals surface area (Å²) in [5.74, 6) is 0.684. The monoisotopic (exact) mass is 305 g/mol. The van der Waals surface area contributed by atoms with E-state index in [9.17, 15) is 0 Å². The first-order valence-electron chi connectivity index (χ1n) is 10.2. The third kappa shape index (κ3) is 2.53. The van der Waals surface area contributed by atoms with Crippen molar-refractivity contribution in [2.45, 2.75) is 13.7 Å². The van der Waals surface area contributed by atoms with Crippen LogP contribution in [-0.2, 0) is 0 Å². The van der Waals surface area contributed by atoms with Crippen molar-refractivity contribution in [3.8, 4) is 22.6 Å². The summed E-state index contributed by atoms with van der Waals surface area (Å²) in [4.78, 5) is 4.23. The van der Waals surface area contributed by atoms with E-state index in [4.69, 9.17) is 12.6 Å². The summed E-state index contributed by atoms with van der Waals surface area (Å²) in [6, 6.07) is 18.3. The van der Waals surface area contributed by atoms with Crippen molar-refractivity contribution in [3.63, 3.8) is 0 Å². The molecule has 2 heteroatoms. The lowest BCUT2D eigenvalue weighted by Gasteiger charge is -2.06. The van der Waals surface area contributed by atoms with Gasteiger partial charge in [-0.3, -0.25) is 4.98 Å². The molecule has 0 aliphatic heterocycles. The zero-order valence-electron chi connectivity index (χ0n) is 18.2. The van der Waals surface area contributed by atoms with E-state index in [1.54, 1.807) is 6.07 Å². The molecule has 0 unspecified atom stereocenters.